The fourth-order valence-corrected chi connectivity index (χ4v) is 1.66. The van der Waals surface area contributed by atoms with E-state index in [1.807, 2.05) is 6.92 Å². The Hall–Kier alpha value is -1.13. The second-order valence-electron chi connectivity index (χ2n) is 4.86. The van der Waals surface area contributed by atoms with Crippen LogP contribution in [0.5, 0.6) is 0 Å². The molecule has 0 spiro atoms. The summed E-state index contributed by atoms with van der Waals surface area (Å²) in [6, 6.07) is 3.28. The van der Waals surface area contributed by atoms with E-state index in [-0.39, 0.29) is 12.5 Å². The molecule has 0 radical (unpaired) electrons. The first kappa shape index (κ1) is 14.9. The lowest BCUT2D eigenvalue weighted by Gasteiger charge is -2.34. The number of carbonyl (C=O) groups is 1. The fourth-order valence-electron chi connectivity index (χ4n) is 1.43. The first-order chi connectivity index (χ1) is 8.31. The van der Waals surface area contributed by atoms with Gasteiger partial charge in [-0.15, -0.1) is 0 Å². The van der Waals surface area contributed by atoms with Gasteiger partial charge in [-0.25, -0.2) is 4.98 Å². The SMILES string of the molecule is CCc1cc(C(=O)N(C)C(C)(C)CO)cc(Cl)n1. The number of rotatable bonds is 4. The topological polar surface area (TPSA) is 53.4 Å². The molecule has 18 heavy (non-hydrogen) atoms. The molecule has 0 fully saturated rings. The first-order valence-electron chi connectivity index (χ1n) is 5.87. The van der Waals surface area contributed by atoms with Gasteiger partial charge in [-0.05, 0) is 32.4 Å². The van der Waals surface area contributed by atoms with Crippen molar-refractivity contribution in [2.45, 2.75) is 32.7 Å². The fraction of sp³-hybridized carbons (Fsp3) is 0.538. The minimum absolute atomic E-state index is 0.102. The van der Waals surface area contributed by atoms with Crippen LogP contribution in [-0.2, 0) is 6.42 Å². The number of carbonyl (C=O) groups excluding carboxylic acids is 1. The molecule has 1 rings (SSSR count). The van der Waals surface area contributed by atoms with Crippen molar-refractivity contribution in [1.29, 1.82) is 0 Å². The number of aliphatic hydroxyl groups is 1. The van der Waals surface area contributed by atoms with E-state index < -0.39 is 5.54 Å². The molecule has 0 bridgehead atoms. The molecule has 0 atom stereocenters. The van der Waals surface area contributed by atoms with Crippen LogP contribution in [0, 0.1) is 0 Å². The zero-order valence-corrected chi connectivity index (χ0v) is 12.0. The molecule has 0 aliphatic carbocycles. The number of aryl methyl sites for hydroxylation is 1. The monoisotopic (exact) mass is 270 g/mol. The zero-order valence-electron chi connectivity index (χ0n) is 11.2. The Bertz CT molecular complexity index is 447. The van der Waals surface area contributed by atoms with E-state index in [1.54, 1.807) is 33.0 Å². The van der Waals surface area contributed by atoms with Crippen LogP contribution in [0.2, 0.25) is 5.15 Å². The number of aliphatic hydroxyl groups excluding tert-OH is 1. The van der Waals surface area contributed by atoms with E-state index >= 15 is 0 Å². The van der Waals surface area contributed by atoms with Gasteiger partial charge in [-0.3, -0.25) is 4.79 Å². The second-order valence-corrected chi connectivity index (χ2v) is 5.25. The van der Waals surface area contributed by atoms with Crippen LogP contribution in [0.4, 0.5) is 0 Å². The third-order valence-corrected chi connectivity index (χ3v) is 3.25. The highest BCUT2D eigenvalue weighted by Crippen LogP contribution is 2.18. The predicted molar refractivity (Wildman–Crippen MR) is 71.9 cm³/mol. The van der Waals surface area contributed by atoms with Crippen molar-refractivity contribution in [1.82, 2.24) is 9.88 Å². The summed E-state index contributed by atoms with van der Waals surface area (Å²) >= 11 is 5.89. The van der Waals surface area contributed by atoms with E-state index in [0.717, 1.165) is 5.69 Å². The second kappa shape index (κ2) is 5.67. The Kier molecular flexibility index (Phi) is 4.71. The van der Waals surface area contributed by atoms with Crippen molar-refractivity contribution < 1.29 is 9.90 Å². The van der Waals surface area contributed by atoms with Crippen LogP contribution < -0.4 is 0 Å². The van der Waals surface area contributed by atoms with Gasteiger partial charge >= 0.3 is 0 Å². The van der Waals surface area contributed by atoms with Gasteiger partial charge in [0.2, 0.25) is 0 Å². The third kappa shape index (κ3) is 3.21. The standard InChI is InChI=1S/C13H19ClN2O2/c1-5-10-6-9(7-11(14)15-10)12(18)16(4)13(2,3)8-17/h6-7,17H,5,8H2,1-4H3. The highest BCUT2D eigenvalue weighted by atomic mass is 35.5. The van der Waals surface area contributed by atoms with Crippen LogP contribution in [0.3, 0.4) is 0 Å². The molecule has 0 aliphatic rings. The minimum atomic E-state index is -0.612. The van der Waals surface area contributed by atoms with Crippen molar-refractivity contribution in [3.63, 3.8) is 0 Å². The Morgan fingerprint density at radius 1 is 1.50 bits per heavy atom. The molecule has 0 aliphatic heterocycles. The Morgan fingerprint density at radius 3 is 2.61 bits per heavy atom. The normalized spacial score (nSPS) is 11.4. The number of nitrogens with zero attached hydrogens (tertiary/aromatic N) is 2. The molecule has 1 aromatic rings. The maximum atomic E-state index is 12.3. The summed E-state index contributed by atoms with van der Waals surface area (Å²) in [6.07, 6.45) is 0.716. The number of hydrogen-bond donors (Lipinski definition) is 1. The molecular weight excluding hydrogens is 252 g/mol. The molecule has 0 saturated carbocycles. The number of pyridine rings is 1. The summed E-state index contributed by atoms with van der Waals surface area (Å²) in [4.78, 5) is 17.9. The summed E-state index contributed by atoms with van der Waals surface area (Å²) in [5.74, 6) is -0.173. The Labute approximate surface area is 113 Å². The first-order valence-corrected chi connectivity index (χ1v) is 6.25. The molecule has 0 unspecified atom stereocenters. The van der Waals surface area contributed by atoms with Gasteiger partial charge in [0.1, 0.15) is 5.15 Å². The van der Waals surface area contributed by atoms with Gasteiger partial charge in [-0.2, -0.15) is 0 Å². The van der Waals surface area contributed by atoms with Gasteiger partial charge < -0.3 is 10.0 Å². The van der Waals surface area contributed by atoms with Crippen LogP contribution in [-0.4, -0.2) is 40.1 Å². The van der Waals surface area contributed by atoms with E-state index in [0.29, 0.717) is 17.1 Å². The van der Waals surface area contributed by atoms with Crippen molar-refractivity contribution in [2.75, 3.05) is 13.7 Å². The van der Waals surface area contributed by atoms with Crippen LogP contribution in [0.1, 0.15) is 36.8 Å². The number of aromatic nitrogens is 1. The quantitative estimate of drug-likeness (QED) is 0.853. The average molecular weight is 271 g/mol. The van der Waals surface area contributed by atoms with Crippen molar-refractivity contribution >= 4 is 17.5 Å². The molecule has 4 nitrogen and oxygen atoms in total. The van der Waals surface area contributed by atoms with Gasteiger partial charge in [0.15, 0.2) is 0 Å². The minimum Gasteiger partial charge on any atom is -0.394 e. The maximum absolute atomic E-state index is 12.3. The van der Waals surface area contributed by atoms with Crippen molar-refractivity contribution in [3.8, 4) is 0 Å². The Morgan fingerprint density at radius 2 is 2.11 bits per heavy atom. The number of amides is 1. The van der Waals surface area contributed by atoms with Crippen LogP contribution in [0.25, 0.3) is 0 Å². The summed E-state index contributed by atoms with van der Waals surface area (Å²) in [5, 5.41) is 9.60. The number of halogens is 1. The molecule has 0 aromatic carbocycles. The molecule has 1 N–H and O–H groups in total. The molecule has 1 heterocycles. The van der Waals surface area contributed by atoms with Crippen LogP contribution in [0.15, 0.2) is 12.1 Å². The lowest BCUT2D eigenvalue weighted by molar-refractivity contribution is 0.0473. The number of likely N-dealkylation sites (N-methyl/N-ethyl adjacent to an activating group) is 1. The lowest BCUT2D eigenvalue weighted by atomic mass is 10.0. The molecular formula is C13H19ClN2O2. The third-order valence-electron chi connectivity index (χ3n) is 3.06. The van der Waals surface area contributed by atoms with Crippen LogP contribution >= 0.6 is 11.6 Å². The van der Waals surface area contributed by atoms with Crippen molar-refractivity contribution in [3.05, 3.63) is 28.5 Å². The van der Waals surface area contributed by atoms with Crippen molar-refractivity contribution in [2.24, 2.45) is 0 Å². The summed E-state index contributed by atoms with van der Waals surface area (Å²) in [5.41, 5.74) is 0.663. The number of hydrogen-bond acceptors (Lipinski definition) is 3. The van der Waals surface area contributed by atoms with E-state index in [4.69, 9.17) is 11.6 Å². The smallest absolute Gasteiger partial charge is 0.254 e. The Balaban J connectivity index is 3.07. The summed E-state index contributed by atoms with van der Waals surface area (Å²) < 4.78 is 0. The van der Waals surface area contributed by atoms with E-state index in [2.05, 4.69) is 4.98 Å². The molecule has 0 saturated heterocycles. The highest BCUT2D eigenvalue weighted by molar-refractivity contribution is 6.29. The van der Waals surface area contributed by atoms with E-state index in [1.165, 1.54) is 4.90 Å². The highest BCUT2D eigenvalue weighted by Gasteiger charge is 2.27. The van der Waals surface area contributed by atoms with Gasteiger partial charge in [0.25, 0.3) is 5.91 Å². The summed E-state index contributed by atoms with van der Waals surface area (Å²) in [7, 11) is 1.67. The lowest BCUT2D eigenvalue weighted by Crippen LogP contribution is -2.47. The maximum Gasteiger partial charge on any atom is 0.254 e. The molecule has 1 aromatic heterocycles. The average Bonchev–Trinajstić information content (AvgIpc) is 2.36. The molecule has 1 amide bonds. The molecule has 5 heteroatoms. The van der Waals surface area contributed by atoms with Gasteiger partial charge in [0.05, 0.1) is 12.1 Å². The predicted octanol–water partition coefficient (Wildman–Crippen LogP) is 2.14. The van der Waals surface area contributed by atoms with Gasteiger partial charge in [0, 0.05) is 18.3 Å². The largest absolute Gasteiger partial charge is 0.394 e. The van der Waals surface area contributed by atoms with Gasteiger partial charge in [-0.1, -0.05) is 18.5 Å². The van der Waals surface area contributed by atoms with E-state index in [9.17, 15) is 9.90 Å². The molecule has 100 valence electrons. The summed E-state index contributed by atoms with van der Waals surface area (Å²) in [6.45, 7) is 5.45. The zero-order chi connectivity index (χ0) is 13.9.